The van der Waals surface area contributed by atoms with Crippen LogP contribution in [0.5, 0.6) is 0 Å². The molecule has 1 aliphatic heterocycles. The van der Waals surface area contributed by atoms with Gasteiger partial charge in [0.25, 0.3) is 0 Å². The maximum Gasteiger partial charge on any atom is 0.0820 e. The summed E-state index contributed by atoms with van der Waals surface area (Å²) in [6, 6.07) is 0. The van der Waals surface area contributed by atoms with Crippen LogP contribution in [0.1, 0.15) is 213 Å². The second-order valence-corrected chi connectivity index (χ2v) is 14.8. The molecule has 47 heavy (non-hydrogen) atoms. The second kappa shape index (κ2) is 38.2. The van der Waals surface area contributed by atoms with Gasteiger partial charge >= 0.3 is 0 Å². The first-order valence-electron chi connectivity index (χ1n) is 21.6. The third kappa shape index (κ3) is 33.6. The Kier molecular flexibility index (Phi) is 36.0. The molecule has 0 saturated carbocycles. The monoisotopic (exact) mass is 660 g/mol. The quantitative estimate of drug-likeness (QED) is 0.0486. The molecule has 0 aromatic rings. The molecule has 1 saturated heterocycles. The van der Waals surface area contributed by atoms with Crippen LogP contribution in [0, 0.1) is 0 Å². The standard InChI is InChI=1S/C44H85NO2/c1-3-5-7-9-11-13-15-17-19-21-23-25-27-29-31-35-41-46-43-44(37-40-45-38-33-34-39-45)47-42-36-32-30-28-26-24-22-20-18-16-14-12-10-8-6-4-2/h17-20,44H,3-16,21-43H2,1-2H3/b19-17-,20-18-. The first kappa shape index (κ1) is 44.4. The van der Waals surface area contributed by atoms with Crippen molar-refractivity contribution >= 4 is 0 Å². The summed E-state index contributed by atoms with van der Waals surface area (Å²) in [6.45, 7) is 10.9. The molecule has 0 amide bonds. The third-order valence-electron chi connectivity index (χ3n) is 10.1. The van der Waals surface area contributed by atoms with E-state index in [0.29, 0.717) is 0 Å². The number of ether oxygens (including phenoxy) is 2. The molecule has 1 heterocycles. The summed E-state index contributed by atoms with van der Waals surface area (Å²) in [7, 11) is 0. The lowest BCUT2D eigenvalue weighted by atomic mass is 10.1. The van der Waals surface area contributed by atoms with Crippen LogP contribution in [0.15, 0.2) is 24.3 Å². The van der Waals surface area contributed by atoms with Gasteiger partial charge in [-0.05, 0) is 96.6 Å². The van der Waals surface area contributed by atoms with Crippen LogP contribution in [0.4, 0.5) is 0 Å². The molecular formula is C44H85NO2. The van der Waals surface area contributed by atoms with Gasteiger partial charge in [0, 0.05) is 19.8 Å². The number of rotatable bonds is 38. The Morgan fingerprint density at radius 1 is 0.468 bits per heavy atom. The Bertz CT molecular complexity index is 641. The molecule has 1 unspecified atom stereocenters. The molecule has 1 atom stereocenters. The predicted molar refractivity (Wildman–Crippen MR) is 210 cm³/mol. The molecule has 0 aromatic carbocycles. The average molecular weight is 660 g/mol. The van der Waals surface area contributed by atoms with Crippen molar-refractivity contribution in [3.63, 3.8) is 0 Å². The van der Waals surface area contributed by atoms with E-state index >= 15 is 0 Å². The maximum absolute atomic E-state index is 6.39. The van der Waals surface area contributed by atoms with Crippen molar-refractivity contribution in [2.75, 3.05) is 39.5 Å². The van der Waals surface area contributed by atoms with Crippen molar-refractivity contribution in [2.45, 2.75) is 219 Å². The van der Waals surface area contributed by atoms with Crippen LogP contribution < -0.4 is 0 Å². The van der Waals surface area contributed by atoms with E-state index in [-0.39, 0.29) is 6.10 Å². The number of hydrogen-bond acceptors (Lipinski definition) is 3. The molecule has 0 aliphatic carbocycles. The Morgan fingerprint density at radius 3 is 1.30 bits per heavy atom. The summed E-state index contributed by atoms with van der Waals surface area (Å²) >= 11 is 0. The number of hydrogen-bond donors (Lipinski definition) is 0. The predicted octanol–water partition coefficient (Wildman–Crippen LogP) is 13.9. The van der Waals surface area contributed by atoms with Gasteiger partial charge in [-0.25, -0.2) is 0 Å². The van der Waals surface area contributed by atoms with E-state index in [4.69, 9.17) is 9.47 Å². The highest BCUT2D eigenvalue weighted by molar-refractivity contribution is 4.82. The molecule has 0 aromatic heterocycles. The Labute approximate surface area is 296 Å². The fourth-order valence-corrected chi connectivity index (χ4v) is 6.81. The smallest absolute Gasteiger partial charge is 0.0820 e. The highest BCUT2D eigenvalue weighted by Gasteiger charge is 2.15. The number of likely N-dealkylation sites (tertiary alicyclic amines) is 1. The molecule has 1 rings (SSSR count). The summed E-state index contributed by atoms with van der Waals surface area (Å²) in [4.78, 5) is 2.62. The lowest BCUT2D eigenvalue weighted by Crippen LogP contribution is -2.28. The van der Waals surface area contributed by atoms with Gasteiger partial charge in [0.1, 0.15) is 0 Å². The van der Waals surface area contributed by atoms with Crippen LogP contribution in [0.25, 0.3) is 0 Å². The van der Waals surface area contributed by atoms with Gasteiger partial charge in [-0.15, -0.1) is 0 Å². The fourth-order valence-electron chi connectivity index (χ4n) is 6.81. The molecule has 1 fully saturated rings. The highest BCUT2D eigenvalue weighted by atomic mass is 16.5. The lowest BCUT2D eigenvalue weighted by Gasteiger charge is -2.22. The van der Waals surface area contributed by atoms with Crippen LogP contribution in [-0.2, 0) is 9.47 Å². The van der Waals surface area contributed by atoms with Gasteiger partial charge in [0.05, 0.1) is 12.7 Å². The Morgan fingerprint density at radius 2 is 0.851 bits per heavy atom. The van der Waals surface area contributed by atoms with Crippen molar-refractivity contribution < 1.29 is 9.47 Å². The van der Waals surface area contributed by atoms with Crippen molar-refractivity contribution in [1.82, 2.24) is 4.90 Å². The zero-order valence-corrected chi connectivity index (χ0v) is 32.3. The molecule has 0 spiro atoms. The first-order chi connectivity index (χ1) is 23.4. The third-order valence-corrected chi connectivity index (χ3v) is 10.1. The Balaban J connectivity index is 1.96. The number of nitrogens with zero attached hydrogens (tertiary/aromatic N) is 1. The van der Waals surface area contributed by atoms with E-state index in [1.54, 1.807) is 0 Å². The number of unbranched alkanes of at least 4 members (excludes halogenated alkanes) is 24. The van der Waals surface area contributed by atoms with Crippen molar-refractivity contribution in [2.24, 2.45) is 0 Å². The SMILES string of the molecule is CCCCCCCC/C=C\CCCCCCCCOCC(CCN1CCCC1)OCCCCCCCC/C=C\CCCCCCCC. The Hall–Kier alpha value is -0.640. The molecule has 1 aliphatic rings. The molecule has 0 radical (unpaired) electrons. The molecule has 3 nitrogen and oxygen atoms in total. The summed E-state index contributed by atoms with van der Waals surface area (Å²) in [5.74, 6) is 0. The van der Waals surface area contributed by atoms with Gasteiger partial charge in [0.15, 0.2) is 0 Å². The van der Waals surface area contributed by atoms with Crippen LogP contribution in [-0.4, -0.2) is 50.5 Å². The van der Waals surface area contributed by atoms with E-state index < -0.39 is 0 Å². The van der Waals surface area contributed by atoms with Crippen molar-refractivity contribution in [3.8, 4) is 0 Å². The van der Waals surface area contributed by atoms with E-state index in [1.165, 1.54) is 212 Å². The summed E-state index contributed by atoms with van der Waals surface area (Å²) in [5, 5.41) is 0. The zero-order chi connectivity index (χ0) is 33.6. The summed E-state index contributed by atoms with van der Waals surface area (Å²) in [5.41, 5.74) is 0. The van der Waals surface area contributed by atoms with Gasteiger partial charge in [-0.1, -0.05) is 154 Å². The van der Waals surface area contributed by atoms with Crippen molar-refractivity contribution in [1.29, 1.82) is 0 Å². The maximum atomic E-state index is 6.39. The van der Waals surface area contributed by atoms with E-state index in [2.05, 4.69) is 43.1 Å². The topological polar surface area (TPSA) is 21.7 Å². The zero-order valence-electron chi connectivity index (χ0n) is 32.3. The minimum Gasteiger partial charge on any atom is -0.379 e. The molecule has 3 heteroatoms. The fraction of sp³-hybridized carbons (Fsp3) is 0.909. The van der Waals surface area contributed by atoms with Crippen LogP contribution >= 0.6 is 0 Å². The average Bonchev–Trinajstić information content (AvgIpc) is 3.61. The van der Waals surface area contributed by atoms with E-state index in [0.717, 1.165) is 26.2 Å². The van der Waals surface area contributed by atoms with Crippen molar-refractivity contribution in [3.05, 3.63) is 24.3 Å². The summed E-state index contributed by atoms with van der Waals surface area (Å²) < 4.78 is 12.5. The molecule has 0 bridgehead atoms. The van der Waals surface area contributed by atoms with Crippen LogP contribution in [0.3, 0.4) is 0 Å². The van der Waals surface area contributed by atoms with Crippen LogP contribution in [0.2, 0.25) is 0 Å². The van der Waals surface area contributed by atoms with Gasteiger partial charge in [-0.2, -0.15) is 0 Å². The minimum absolute atomic E-state index is 0.271. The molecule has 278 valence electrons. The molecular weight excluding hydrogens is 574 g/mol. The highest BCUT2D eigenvalue weighted by Crippen LogP contribution is 2.14. The van der Waals surface area contributed by atoms with E-state index in [1.807, 2.05) is 0 Å². The van der Waals surface area contributed by atoms with Gasteiger partial charge < -0.3 is 14.4 Å². The van der Waals surface area contributed by atoms with E-state index in [9.17, 15) is 0 Å². The minimum atomic E-state index is 0.271. The second-order valence-electron chi connectivity index (χ2n) is 14.8. The van der Waals surface area contributed by atoms with Gasteiger partial charge in [-0.3, -0.25) is 0 Å². The molecule has 0 N–H and O–H groups in total. The summed E-state index contributed by atoms with van der Waals surface area (Å²) in [6.07, 6.45) is 51.8. The largest absolute Gasteiger partial charge is 0.379 e. The lowest BCUT2D eigenvalue weighted by molar-refractivity contribution is -0.0255. The first-order valence-corrected chi connectivity index (χ1v) is 21.6. The normalized spacial score (nSPS) is 14.8. The van der Waals surface area contributed by atoms with Gasteiger partial charge in [0.2, 0.25) is 0 Å². The number of allylic oxidation sites excluding steroid dienone is 4.